The van der Waals surface area contributed by atoms with Gasteiger partial charge in [0.2, 0.25) is 0 Å². The zero-order valence-corrected chi connectivity index (χ0v) is 15.7. The molecule has 7 nitrogen and oxygen atoms in total. The molecule has 0 aromatic heterocycles. The number of amidine groups is 1. The van der Waals surface area contributed by atoms with Gasteiger partial charge >= 0.3 is 6.09 Å². The van der Waals surface area contributed by atoms with Crippen LogP contribution in [0.4, 0.5) is 16.2 Å². The maximum absolute atomic E-state index is 12.6. The van der Waals surface area contributed by atoms with Crippen LogP contribution in [0.15, 0.2) is 53.5 Å². The number of methoxy groups -OCH3 is 1. The Kier molecular flexibility index (Phi) is 7.84. The van der Waals surface area contributed by atoms with Gasteiger partial charge in [0.05, 0.1) is 18.5 Å². The smallest absolute Gasteiger partial charge is 0.412 e. The number of benzene rings is 2. The molecule has 2 aromatic carbocycles. The minimum atomic E-state index is -0.666. The van der Waals surface area contributed by atoms with Gasteiger partial charge in [0.25, 0.3) is 0 Å². The molecule has 0 bridgehead atoms. The lowest BCUT2D eigenvalue weighted by atomic mass is 10.0. The second kappa shape index (κ2) is 10.3. The van der Waals surface area contributed by atoms with Crippen molar-refractivity contribution in [2.24, 2.45) is 4.99 Å². The van der Waals surface area contributed by atoms with Crippen LogP contribution >= 0.6 is 11.8 Å². The van der Waals surface area contributed by atoms with Crippen molar-refractivity contribution < 1.29 is 19.4 Å². The zero-order chi connectivity index (χ0) is 19.6. The molecule has 2 aromatic rings. The normalized spacial score (nSPS) is 11.1. The minimum absolute atomic E-state index is 0.0295. The van der Waals surface area contributed by atoms with Crippen molar-refractivity contribution in [1.29, 1.82) is 0 Å². The first-order chi connectivity index (χ1) is 13.0. The Balaban J connectivity index is 2.31. The van der Waals surface area contributed by atoms with Crippen LogP contribution in [-0.2, 0) is 4.74 Å². The topological polar surface area (TPSA) is 114 Å². The molecule has 4 N–H and O–H groups in total. The van der Waals surface area contributed by atoms with Gasteiger partial charge in [-0.15, -0.1) is 0 Å². The summed E-state index contributed by atoms with van der Waals surface area (Å²) in [7, 11) is 1.25. The zero-order valence-electron chi connectivity index (χ0n) is 14.8. The highest BCUT2D eigenvalue weighted by Gasteiger charge is 2.12. The molecule has 0 heterocycles. The van der Waals surface area contributed by atoms with E-state index in [4.69, 9.17) is 10.8 Å². The third-order valence-electron chi connectivity index (χ3n) is 3.49. The molecule has 0 spiro atoms. The summed E-state index contributed by atoms with van der Waals surface area (Å²) in [6.07, 6.45) is -0.130. The average molecular weight is 387 g/mol. The summed E-state index contributed by atoms with van der Waals surface area (Å²) in [6.45, 7) is 0.0295. The number of carbonyl (C=O) groups excluding carboxylic acids is 2. The molecule has 0 saturated carbocycles. The van der Waals surface area contributed by atoms with Gasteiger partial charge in [0.15, 0.2) is 11.0 Å². The van der Waals surface area contributed by atoms with Crippen LogP contribution in [0.2, 0.25) is 0 Å². The molecular weight excluding hydrogens is 366 g/mol. The molecule has 0 atom stereocenters. The third-order valence-corrected chi connectivity index (χ3v) is 4.45. The van der Waals surface area contributed by atoms with Gasteiger partial charge < -0.3 is 15.6 Å². The summed E-state index contributed by atoms with van der Waals surface area (Å²) in [4.78, 5) is 28.5. The highest BCUT2D eigenvalue weighted by molar-refractivity contribution is 8.13. The second-order valence-electron chi connectivity index (χ2n) is 5.43. The van der Waals surface area contributed by atoms with Crippen LogP contribution in [0.5, 0.6) is 0 Å². The number of nitrogens with one attached hydrogen (secondary N) is 1. The Morgan fingerprint density at radius 1 is 1.19 bits per heavy atom. The van der Waals surface area contributed by atoms with Gasteiger partial charge in [-0.05, 0) is 24.6 Å². The number of amides is 1. The van der Waals surface area contributed by atoms with Crippen molar-refractivity contribution >= 4 is 40.2 Å². The standard InChI is InChI=1S/C19H21N3O4S/c1-26-19(25)22-18(27-11-5-10-23)21-16-12-14(8-9-15(16)20)17(24)13-6-3-2-4-7-13/h2-4,6-9,12,23H,5,10-11,20H2,1H3,(H,21,22,25). The molecule has 0 aliphatic carbocycles. The van der Waals surface area contributed by atoms with E-state index < -0.39 is 6.09 Å². The first-order valence-electron chi connectivity index (χ1n) is 8.21. The maximum atomic E-state index is 12.6. The predicted molar refractivity (Wildman–Crippen MR) is 108 cm³/mol. The largest absolute Gasteiger partial charge is 0.453 e. The quantitative estimate of drug-likeness (QED) is 0.231. The maximum Gasteiger partial charge on any atom is 0.412 e. The number of rotatable bonds is 6. The van der Waals surface area contributed by atoms with Crippen molar-refractivity contribution in [3.05, 3.63) is 59.7 Å². The molecular formula is C19H21N3O4S. The highest BCUT2D eigenvalue weighted by atomic mass is 32.2. The Labute approximate surface area is 161 Å². The number of carbonyl (C=O) groups is 2. The Bertz CT molecular complexity index is 825. The molecule has 0 unspecified atom stereocenters. The number of hydrogen-bond donors (Lipinski definition) is 3. The van der Waals surface area contributed by atoms with Crippen molar-refractivity contribution in [3.63, 3.8) is 0 Å². The SMILES string of the molecule is COC(=O)NC(=Nc1cc(C(=O)c2ccccc2)ccc1N)SCCCO. The van der Waals surface area contributed by atoms with Crippen molar-refractivity contribution in [2.45, 2.75) is 6.42 Å². The molecule has 8 heteroatoms. The van der Waals surface area contributed by atoms with Crippen LogP contribution in [0.25, 0.3) is 0 Å². The fraction of sp³-hybridized carbons (Fsp3) is 0.211. The summed E-state index contributed by atoms with van der Waals surface area (Å²) < 4.78 is 4.60. The van der Waals surface area contributed by atoms with E-state index in [1.165, 1.54) is 18.9 Å². The number of anilines is 1. The Morgan fingerprint density at radius 2 is 1.93 bits per heavy atom. The monoisotopic (exact) mass is 387 g/mol. The molecule has 0 aliphatic rings. The van der Waals surface area contributed by atoms with Crippen LogP contribution in [0.3, 0.4) is 0 Å². The summed E-state index contributed by atoms with van der Waals surface area (Å²) >= 11 is 1.24. The molecule has 142 valence electrons. The number of nitrogens with two attached hydrogens (primary N) is 1. The van der Waals surface area contributed by atoms with E-state index in [1.807, 2.05) is 6.07 Å². The van der Waals surface area contributed by atoms with Crippen molar-refractivity contribution in [2.75, 3.05) is 25.2 Å². The highest BCUT2D eigenvalue weighted by Crippen LogP contribution is 2.26. The number of alkyl carbamates (subject to hydrolysis) is 1. The molecule has 0 aliphatic heterocycles. The molecule has 0 fully saturated rings. The average Bonchev–Trinajstić information content (AvgIpc) is 2.69. The van der Waals surface area contributed by atoms with E-state index in [0.717, 1.165) is 0 Å². The summed E-state index contributed by atoms with van der Waals surface area (Å²) in [5.41, 5.74) is 7.71. The number of nitrogens with zero attached hydrogens (tertiary/aromatic N) is 1. The van der Waals surface area contributed by atoms with Gasteiger partial charge in [-0.2, -0.15) is 0 Å². The van der Waals surface area contributed by atoms with Gasteiger partial charge in [0, 0.05) is 23.5 Å². The predicted octanol–water partition coefficient (Wildman–Crippen LogP) is 2.96. The number of aliphatic hydroxyl groups is 1. The number of thioether (sulfide) groups is 1. The molecule has 27 heavy (non-hydrogen) atoms. The van der Waals surface area contributed by atoms with Gasteiger partial charge in [-0.3, -0.25) is 10.1 Å². The summed E-state index contributed by atoms with van der Waals surface area (Å²) in [5, 5.41) is 11.7. The molecule has 1 amide bonds. The van der Waals surface area contributed by atoms with Crippen molar-refractivity contribution in [3.8, 4) is 0 Å². The van der Waals surface area contributed by atoms with E-state index in [9.17, 15) is 9.59 Å². The number of hydrogen-bond acceptors (Lipinski definition) is 7. The van der Waals surface area contributed by atoms with Crippen LogP contribution in [0.1, 0.15) is 22.3 Å². The lowest BCUT2D eigenvalue weighted by Gasteiger charge is -2.09. The lowest BCUT2D eigenvalue weighted by molar-refractivity contribution is 0.103. The first kappa shape index (κ1) is 20.5. The fourth-order valence-corrected chi connectivity index (χ4v) is 2.90. The second-order valence-corrected chi connectivity index (χ2v) is 6.51. The Morgan fingerprint density at radius 3 is 2.59 bits per heavy atom. The minimum Gasteiger partial charge on any atom is -0.453 e. The molecule has 2 rings (SSSR count). The van der Waals surface area contributed by atoms with Gasteiger partial charge in [0.1, 0.15) is 0 Å². The lowest BCUT2D eigenvalue weighted by Crippen LogP contribution is -2.28. The molecule has 0 saturated heterocycles. The van der Waals surface area contributed by atoms with E-state index >= 15 is 0 Å². The number of ketones is 1. The van der Waals surface area contributed by atoms with Gasteiger partial charge in [-0.25, -0.2) is 9.79 Å². The van der Waals surface area contributed by atoms with E-state index in [1.54, 1.807) is 42.5 Å². The van der Waals surface area contributed by atoms with Crippen molar-refractivity contribution in [1.82, 2.24) is 5.32 Å². The van der Waals surface area contributed by atoms with Crippen LogP contribution in [0, 0.1) is 0 Å². The van der Waals surface area contributed by atoms with Gasteiger partial charge in [-0.1, -0.05) is 42.1 Å². The number of aliphatic imine (C=N–C) groups is 1. The van der Waals surface area contributed by atoms with E-state index in [0.29, 0.717) is 34.7 Å². The van der Waals surface area contributed by atoms with Crippen LogP contribution in [-0.4, -0.2) is 41.6 Å². The fourth-order valence-electron chi connectivity index (χ4n) is 2.12. The van der Waals surface area contributed by atoms with E-state index in [2.05, 4.69) is 15.0 Å². The third kappa shape index (κ3) is 6.12. The number of nitrogen functional groups attached to an aromatic ring is 1. The first-order valence-corrected chi connectivity index (χ1v) is 9.20. The summed E-state index contributed by atoms with van der Waals surface area (Å²) in [6, 6.07) is 13.7. The molecule has 0 radical (unpaired) electrons. The number of aliphatic hydroxyl groups excluding tert-OH is 1. The van der Waals surface area contributed by atoms with E-state index in [-0.39, 0.29) is 17.6 Å². The van der Waals surface area contributed by atoms with Crippen LogP contribution < -0.4 is 11.1 Å². The Hall–Kier alpha value is -2.84. The number of ether oxygens (including phenoxy) is 1. The summed E-state index contributed by atoms with van der Waals surface area (Å²) in [5.74, 6) is 0.393.